The molecule has 3 atom stereocenters. The van der Waals surface area contributed by atoms with Gasteiger partial charge in [-0.3, -0.25) is 4.79 Å². The summed E-state index contributed by atoms with van der Waals surface area (Å²) >= 11 is 0. The highest BCUT2D eigenvalue weighted by molar-refractivity contribution is 5.95. The van der Waals surface area contributed by atoms with Gasteiger partial charge in [0.2, 0.25) is 0 Å². The number of nitrogens with two attached hydrogens (primary N) is 1. The maximum Gasteiger partial charge on any atom is 0.407 e. The summed E-state index contributed by atoms with van der Waals surface area (Å²) < 4.78 is 15.7. The van der Waals surface area contributed by atoms with Crippen LogP contribution in [-0.2, 0) is 23.8 Å². The number of alkyl carbamates (subject to hydrolysis) is 3. The number of ketones is 1. The lowest BCUT2D eigenvalue weighted by molar-refractivity contribution is -0.117. The van der Waals surface area contributed by atoms with Gasteiger partial charge in [0.15, 0.2) is 18.0 Å². The Labute approximate surface area is 162 Å². The molecule has 0 aromatic heterocycles. The molecule has 0 unspecified atom stereocenters. The quantitative estimate of drug-likeness (QED) is 0.243. The van der Waals surface area contributed by atoms with Gasteiger partial charge in [0, 0.05) is 34.0 Å². The Kier molecular flexibility index (Phi) is 9.74. The summed E-state index contributed by atoms with van der Waals surface area (Å²) in [5.74, 6) is 4.69. The Morgan fingerprint density at radius 2 is 1.57 bits per heavy atom. The predicted molar refractivity (Wildman–Crippen MR) is 95.1 cm³/mol. The highest BCUT2D eigenvalue weighted by atomic mass is 16.6. The first-order valence-electron chi connectivity index (χ1n) is 8.56. The third-order valence-electron chi connectivity index (χ3n) is 3.86. The molecule has 158 valence electrons. The van der Waals surface area contributed by atoms with Gasteiger partial charge in [0.1, 0.15) is 6.10 Å². The van der Waals surface area contributed by atoms with Gasteiger partial charge in [0.05, 0.1) is 6.61 Å². The van der Waals surface area contributed by atoms with E-state index in [1.165, 1.54) is 27.2 Å². The van der Waals surface area contributed by atoms with Gasteiger partial charge in [-0.05, 0) is 18.1 Å². The number of hydrogen-bond acceptors (Lipinski definition) is 9. The van der Waals surface area contributed by atoms with Crippen LogP contribution in [0.15, 0.2) is 11.6 Å². The van der Waals surface area contributed by atoms with Crippen molar-refractivity contribution in [2.45, 2.75) is 37.6 Å². The van der Waals surface area contributed by atoms with Crippen LogP contribution in [-0.4, -0.2) is 70.1 Å². The van der Waals surface area contributed by atoms with Crippen molar-refractivity contribution in [1.82, 2.24) is 16.0 Å². The van der Waals surface area contributed by atoms with E-state index in [1.54, 1.807) is 0 Å². The number of rotatable bonds is 8. The average molecular weight is 402 g/mol. The highest BCUT2D eigenvalue weighted by Gasteiger charge is 2.42. The Morgan fingerprint density at radius 1 is 1.00 bits per heavy atom. The van der Waals surface area contributed by atoms with Crippen molar-refractivity contribution in [1.29, 1.82) is 0 Å². The van der Waals surface area contributed by atoms with Crippen molar-refractivity contribution in [3.63, 3.8) is 0 Å². The van der Waals surface area contributed by atoms with Crippen molar-refractivity contribution in [3.8, 4) is 0 Å². The molecular formula is C16H26N4O8. The maximum atomic E-state index is 12.5. The monoisotopic (exact) mass is 402 g/mol. The van der Waals surface area contributed by atoms with Crippen molar-refractivity contribution < 1.29 is 38.2 Å². The van der Waals surface area contributed by atoms with Crippen molar-refractivity contribution >= 4 is 24.1 Å². The molecule has 1 aliphatic carbocycles. The van der Waals surface area contributed by atoms with E-state index in [4.69, 9.17) is 20.1 Å². The minimum Gasteiger partial charge on any atom is -0.442 e. The van der Waals surface area contributed by atoms with E-state index in [0.717, 1.165) is 0 Å². The van der Waals surface area contributed by atoms with Gasteiger partial charge in [-0.25, -0.2) is 20.3 Å². The zero-order valence-electron chi connectivity index (χ0n) is 16.0. The first kappa shape index (κ1) is 23.2. The van der Waals surface area contributed by atoms with E-state index in [9.17, 15) is 19.2 Å². The smallest absolute Gasteiger partial charge is 0.407 e. The van der Waals surface area contributed by atoms with Crippen LogP contribution in [0.25, 0.3) is 0 Å². The van der Waals surface area contributed by atoms with Gasteiger partial charge >= 0.3 is 18.3 Å². The van der Waals surface area contributed by atoms with E-state index >= 15 is 0 Å². The topological polar surface area (TPSA) is 167 Å². The Bertz CT molecular complexity index is 609. The van der Waals surface area contributed by atoms with Crippen LogP contribution in [0.2, 0.25) is 0 Å². The Morgan fingerprint density at radius 3 is 2.14 bits per heavy atom. The molecule has 0 saturated heterocycles. The Balaban J connectivity index is 3.14. The fourth-order valence-corrected chi connectivity index (χ4v) is 2.50. The lowest BCUT2D eigenvalue weighted by atomic mass is 9.88. The van der Waals surface area contributed by atoms with E-state index in [2.05, 4.69) is 20.8 Å². The Hall–Kier alpha value is -2.86. The van der Waals surface area contributed by atoms with Crippen LogP contribution in [0.5, 0.6) is 0 Å². The molecule has 28 heavy (non-hydrogen) atoms. The molecule has 0 radical (unpaired) electrons. The summed E-state index contributed by atoms with van der Waals surface area (Å²) in [5, 5.41) is 6.82. The lowest BCUT2D eigenvalue weighted by Crippen LogP contribution is -2.50. The van der Waals surface area contributed by atoms with Gasteiger partial charge in [-0.15, -0.1) is 0 Å². The number of hydrogen-bond donors (Lipinski definition) is 4. The minimum absolute atomic E-state index is 0.0228. The van der Waals surface area contributed by atoms with Crippen molar-refractivity contribution in [2.75, 3.05) is 27.7 Å². The molecule has 0 aromatic carbocycles. The summed E-state index contributed by atoms with van der Waals surface area (Å²) in [5.41, 5.74) is 0.275. The van der Waals surface area contributed by atoms with Crippen LogP contribution >= 0.6 is 0 Å². The van der Waals surface area contributed by atoms with Crippen LogP contribution in [0.1, 0.15) is 19.3 Å². The number of carbonyl (C=O) groups excluding carboxylic acids is 4. The molecule has 12 heteroatoms. The first-order chi connectivity index (χ1) is 13.4. The highest BCUT2D eigenvalue weighted by Crippen LogP contribution is 2.28. The lowest BCUT2D eigenvalue weighted by Gasteiger charge is -2.34. The summed E-state index contributed by atoms with van der Waals surface area (Å²) in [6.07, 6.45) is -3.90. The minimum atomic E-state index is -1.15. The largest absolute Gasteiger partial charge is 0.442 e. The van der Waals surface area contributed by atoms with Gasteiger partial charge in [-0.1, -0.05) is 0 Å². The van der Waals surface area contributed by atoms with Crippen LogP contribution in [0.3, 0.4) is 0 Å². The van der Waals surface area contributed by atoms with Gasteiger partial charge in [-0.2, -0.15) is 0 Å². The van der Waals surface area contributed by atoms with Crippen molar-refractivity contribution in [2.24, 2.45) is 5.90 Å². The fraction of sp³-hybridized carbons (Fsp3) is 0.625. The molecule has 0 spiro atoms. The number of amides is 3. The molecule has 1 aliphatic rings. The molecule has 0 fully saturated rings. The summed E-state index contributed by atoms with van der Waals surface area (Å²) in [4.78, 5) is 52.0. The molecule has 1 rings (SSSR count). The van der Waals surface area contributed by atoms with Gasteiger partial charge in [0.25, 0.3) is 0 Å². The molecule has 0 heterocycles. The molecule has 0 saturated carbocycles. The number of carbonyl (C=O) groups is 4. The molecule has 12 nitrogen and oxygen atoms in total. The normalized spacial score (nSPS) is 21.0. The average Bonchev–Trinajstić information content (AvgIpc) is 2.69. The standard InChI is InChI=1S/C16H26N4O8/c1-18-14(22)26-11-7-9(10(21)5-4-6-25-17)8-12(27-15(23)19-2)13(11)28-16(24)20-3/h7,11-13H,4-6,8,17H2,1-3H3,(H,18,22)(H,19,23)(H,20,24)/t11-,12-,13-/m1/s1. The van der Waals surface area contributed by atoms with Crippen molar-refractivity contribution in [3.05, 3.63) is 11.6 Å². The zero-order chi connectivity index (χ0) is 21.1. The summed E-state index contributed by atoms with van der Waals surface area (Å²) in [6.45, 7) is 0.192. The predicted octanol–water partition coefficient (Wildman–Crippen LogP) is -0.270. The van der Waals surface area contributed by atoms with Crippen LogP contribution < -0.4 is 21.8 Å². The van der Waals surface area contributed by atoms with Crippen LogP contribution in [0.4, 0.5) is 14.4 Å². The van der Waals surface area contributed by atoms with Crippen LogP contribution in [0, 0.1) is 0 Å². The van der Waals surface area contributed by atoms with E-state index in [1.807, 2.05) is 0 Å². The van der Waals surface area contributed by atoms with Gasteiger partial charge < -0.3 is 35.0 Å². The molecular weight excluding hydrogens is 376 g/mol. The second-order valence-electron chi connectivity index (χ2n) is 5.73. The zero-order valence-corrected chi connectivity index (χ0v) is 16.0. The van der Waals surface area contributed by atoms with E-state index < -0.39 is 36.6 Å². The molecule has 0 aromatic rings. The molecule has 0 aliphatic heterocycles. The number of Topliss-reactive ketones (excluding diaryl/α,β-unsaturated/α-hetero) is 1. The fourth-order valence-electron chi connectivity index (χ4n) is 2.50. The number of ether oxygens (including phenoxy) is 3. The third-order valence-corrected chi connectivity index (χ3v) is 3.86. The molecule has 0 bridgehead atoms. The maximum absolute atomic E-state index is 12.5. The first-order valence-corrected chi connectivity index (χ1v) is 8.56. The molecule has 3 amide bonds. The van der Waals surface area contributed by atoms with E-state index in [0.29, 0.717) is 6.42 Å². The van der Waals surface area contributed by atoms with E-state index in [-0.39, 0.29) is 30.8 Å². The number of nitrogens with one attached hydrogen (secondary N) is 3. The third kappa shape index (κ3) is 7.04. The summed E-state index contributed by atoms with van der Waals surface area (Å²) in [6, 6.07) is 0. The second kappa shape index (κ2) is 11.8. The second-order valence-corrected chi connectivity index (χ2v) is 5.73. The SMILES string of the molecule is CNC(=O)O[C@@H]1[C@H](OC(=O)NC)C=C(C(=O)CCCON)C[C@H]1OC(=O)NC. The summed E-state index contributed by atoms with van der Waals surface area (Å²) in [7, 11) is 4.05. The molecule has 5 N–H and O–H groups in total.